The number of hydrogen-bond acceptors (Lipinski definition) is 3. The minimum Gasteiger partial charge on any atom is -0.385 e. The molecule has 0 saturated heterocycles. The smallest absolute Gasteiger partial charge is 0.125 e. The van der Waals surface area contributed by atoms with Crippen molar-refractivity contribution in [1.82, 2.24) is 9.97 Å². The molecule has 0 aromatic carbocycles. The Balaban J connectivity index is -0.0000000841. The van der Waals surface area contributed by atoms with Crippen LogP contribution in [0.1, 0.15) is 60.0 Å². The quantitative estimate of drug-likeness (QED) is 0.724. The van der Waals surface area contributed by atoms with Gasteiger partial charge in [-0.05, 0) is 26.8 Å². The van der Waals surface area contributed by atoms with Gasteiger partial charge in [-0.3, -0.25) is 0 Å². The summed E-state index contributed by atoms with van der Waals surface area (Å²) in [7, 11) is 1.68. The zero-order chi connectivity index (χ0) is 15.4. The van der Waals surface area contributed by atoms with Crippen molar-refractivity contribution in [1.29, 1.82) is 0 Å². The summed E-state index contributed by atoms with van der Waals surface area (Å²) >= 11 is 0. The standard InChI is InChI=1S/C6H8N2.C3H8O.3C2H6/c1-5-3-4-7-6(2)8-5;1-3-4-2;3*1-2/h3-4H,1-2H3;3H2,1-2H3;3*1-2H3. The van der Waals surface area contributed by atoms with E-state index >= 15 is 0 Å². The number of rotatable bonds is 1. The van der Waals surface area contributed by atoms with Gasteiger partial charge in [0.1, 0.15) is 5.82 Å². The third-order valence-electron chi connectivity index (χ3n) is 1.20. The highest BCUT2D eigenvalue weighted by molar-refractivity contribution is 4.97. The van der Waals surface area contributed by atoms with Crippen LogP contribution in [0.3, 0.4) is 0 Å². The van der Waals surface area contributed by atoms with Crippen molar-refractivity contribution in [3.05, 3.63) is 23.8 Å². The number of hydrogen-bond donors (Lipinski definition) is 0. The molecule has 110 valence electrons. The van der Waals surface area contributed by atoms with E-state index in [4.69, 9.17) is 0 Å². The maximum absolute atomic E-state index is 4.54. The van der Waals surface area contributed by atoms with Crippen LogP contribution in [0.15, 0.2) is 12.3 Å². The molecule has 0 radical (unpaired) electrons. The molecule has 0 aliphatic rings. The fourth-order valence-electron chi connectivity index (χ4n) is 0.574. The number of nitrogens with zero attached hydrogens (tertiary/aromatic N) is 2. The average molecular weight is 258 g/mol. The maximum Gasteiger partial charge on any atom is 0.125 e. The average Bonchev–Trinajstić information content (AvgIpc) is 2.45. The second-order valence-corrected chi connectivity index (χ2v) is 2.32. The molecular weight excluding hydrogens is 224 g/mol. The van der Waals surface area contributed by atoms with Gasteiger partial charge >= 0.3 is 0 Å². The molecule has 0 aliphatic heterocycles. The van der Waals surface area contributed by atoms with E-state index in [2.05, 4.69) is 14.7 Å². The summed E-state index contributed by atoms with van der Waals surface area (Å²) < 4.78 is 4.54. The number of methoxy groups -OCH3 is 1. The van der Waals surface area contributed by atoms with Gasteiger partial charge in [-0.2, -0.15) is 0 Å². The molecule has 3 nitrogen and oxygen atoms in total. The van der Waals surface area contributed by atoms with Crippen LogP contribution in [0.4, 0.5) is 0 Å². The van der Waals surface area contributed by atoms with Crippen LogP contribution in [0.2, 0.25) is 0 Å². The lowest BCUT2D eigenvalue weighted by Gasteiger charge is -1.89. The van der Waals surface area contributed by atoms with Gasteiger partial charge < -0.3 is 4.74 Å². The molecule has 0 N–H and O–H groups in total. The molecular formula is C15H34N2O. The normalized spacial score (nSPS) is 6.78. The van der Waals surface area contributed by atoms with E-state index in [0.29, 0.717) is 0 Å². The van der Waals surface area contributed by atoms with E-state index in [1.54, 1.807) is 13.3 Å². The molecule has 0 unspecified atom stereocenters. The van der Waals surface area contributed by atoms with E-state index in [1.807, 2.05) is 68.4 Å². The predicted molar refractivity (Wildman–Crippen MR) is 83.1 cm³/mol. The van der Waals surface area contributed by atoms with Crippen molar-refractivity contribution in [2.75, 3.05) is 13.7 Å². The van der Waals surface area contributed by atoms with Crippen molar-refractivity contribution >= 4 is 0 Å². The van der Waals surface area contributed by atoms with Crippen LogP contribution in [0.5, 0.6) is 0 Å². The third-order valence-corrected chi connectivity index (χ3v) is 1.20. The summed E-state index contributed by atoms with van der Waals surface area (Å²) in [5.74, 6) is 0.838. The Morgan fingerprint density at radius 2 is 1.39 bits per heavy atom. The molecule has 3 heteroatoms. The molecule has 0 spiro atoms. The van der Waals surface area contributed by atoms with Crippen molar-refractivity contribution in [3.8, 4) is 0 Å². The fourth-order valence-corrected chi connectivity index (χ4v) is 0.574. The molecule has 1 aromatic rings. The van der Waals surface area contributed by atoms with Crippen LogP contribution in [0, 0.1) is 13.8 Å². The number of aromatic nitrogens is 2. The summed E-state index contributed by atoms with van der Waals surface area (Å²) in [4.78, 5) is 7.99. The van der Waals surface area contributed by atoms with Crippen molar-refractivity contribution < 1.29 is 4.74 Å². The first-order valence-electron chi connectivity index (χ1n) is 6.96. The molecule has 0 saturated carbocycles. The molecule has 1 rings (SSSR count). The van der Waals surface area contributed by atoms with E-state index in [-0.39, 0.29) is 0 Å². The molecule has 0 aliphatic carbocycles. The zero-order valence-electron chi connectivity index (χ0n) is 14.2. The van der Waals surface area contributed by atoms with Gasteiger partial charge in [-0.25, -0.2) is 9.97 Å². The predicted octanol–water partition coefficient (Wildman–Crippen LogP) is 4.82. The Kier molecular flexibility index (Phi) is 42.6. The lowest BCUT2D eigenvalue weighted by molar-refractivity contribution is 0.215. The summed E-state index contributed by atoms with van der Waals surface area (Å²) in [6.45, 7) is 18.6. The van der Waals surface area contributed by atoms with E-state index in [0.717, 1.165) is 18.1 Å². The highest BCUT2D eigenvalue weighted by Gasteiger charge is 1.83. The fraction of sp³-hybridized carbons (Fsp3) is 0.733. The Labute approximate surface area is 115 Å². The van der Waals surface area contributed by atoms with Crippen LogP contribution in [-0.2, 0) is 4.74 Å². The molecule has 1 aromatic heterocycles. The largest absolute Gasteiger partial charge is 0.385 e. The topological polar surface area (TPSA) is 35.0 Å². The first kappa shape index (κ1) is 25.8. The van der Waals surface area contributed by atoms with Crippen molar-refractivity contribution in [2.45, 2.75) is 62.3 Å². The molecule has 1 heterocycles. The van der Waals surface area contributed by atoms with Gasteiger partial charge in [0, 0.05) is 25.6 Å². The van der Waals surface area contributed by atoms with E-state index in [1.165, 1.54) is 0 Å². The zero-order valence-corrected chi connectivity index (χ0v) is 14.2. The van der Waals surface area contributed by atoms with Crippen molar-refractivity contribution in [2.24, 2.45) is 0 Å². The van der Waals surface area contributed by atoms with Crippen LogP contribution < -0.4 is 0 Å². The summed E-state index contributed by atoms with van der Waals surface area (Å²) in [6.07, 6.45) is 1.76. The first-order chi connectivity index (χ1) is 8.70. The second-order valence-electron chi connectivity index (χ2n) is 2.32. The molecule has 0 fully saturated rings. The molecule has 18 heavy (non-hydrogen) atoms. The number of ether oxygens (including phenoxy) is 1. The first-order valence-corrected chi connectivity index (χ1v) is 6.96. The van der Waals surface area contributed by atoms with Crippen LogP contribution >= 0.6 is 0 Å². The van der Waals surface area contributed by atoms with Crippen LogP contribution in [-0.4, -0.2) is 23.7 Å². The molecule has 0 amide bonds. The summed E-state index contributed by atoms with van der Waals surface area (Å²) in [5, 5.41) is 0. The molecule has 0 bridgehead atoms. The minimum atomic E-state index is 0.819. The summed E-state index contributed by atoms with van der Waals surface area (Å²) in [6, 6.07) is 1.88. The monoisotopic (exact) mass is 258 g/mol. The van der Waals surface area contributed by atoms with Gasteiger partial charge in [0.25, 0.3) is 0 Å². The number of aryl methyl sites for hydroxylation is 2. The third kappa shape index (κ3) is 29.4. The Morgan fingerprint density at radius 1 is 1.00 bits per heavy atom. The van der Waals surface area contributed by atoms with Crippen molar-refractivity contribution in [3.63, 3.8) is 0 Å². The van der Waals surface area contributed by atoms with Gasteiger partial charge in [0.15, 0.2) is 0 Å². The maximum atomic E-state index is 4.54. The Bertz CT molecular complexity index is 196. The highest BCUT2D eigenvalue weighted by atomic mass is 16.5. The van der Waals surface area contributed by atoms with Gasteiger partial charge in [0.2, 0.25) is 0 Å². The van der Waals surface area contributed by atoms with E-state index < -0.39 is 0 Å². The van der Waals surface area contributed by atoms with Gasteiger partial charge in [-0.15, -0.1) is 0 Å². The Hall–Kier alpha value is -0.960. The highest BCUT2D eigenvalue weighted by Crippen LogP contribution is 1.88. The SMILES string of the molecule is CC.CC.CC.CCOC.Cc1ccnc(C)n1. The molecule has 0 atom stereocenters. The second kappa shape index (κ2) is 29.8. The van der Waals surface area contributed by atoms with Gasteiger partial charge in [0.05, 0.1) is 0 Å². The summed E-state index contributed by atoms with van der Waals surface area (Å²) in [5.41, 5.74) is 1.03. The minimum absolute atomic E-state index is 0.819. The van der Waals surface area contributed by atoms with E-state index in [9.17, 15) is 0 Å². The Morgan fingerprint density at radius 3 is 1.56 bits per heavy atom. The van der Waals surface area contributed by atoms with Gasteiger partial charge in [-0.1, -0.05) is 41.5 Å². The van der Waals surface area contributed by atoms with Crippen LogP contribution in [0.25, 0.3) is 0 Å². The lowest BCUT2D eigenvalue weighted by Crippen LogP contribution is -1.86. The lowest BCUT2D eigenvalue weighted by atomic mass is 10.4.